The molecule has 5 aromatic rings. The zero-order valence-corrected chi connectivity index (χ0v) is 23.3. The molecule has 1 saturated carbocycles. The molecule has 0 bridgehead atoms. The van der Waals surface area contributed by atoms with E-state index >= 15 is 0 Å². The molecule has 216 valence electrons. The number of nitrogens with two attached hydrogens (primary N) is 1. The smallest absolute Gasteiger partial charge is 0.247 e. The van der Waals surface area contributed by atoms with E-state index in [1.165, 1.54) is 0 Å². The lowest BCUT2D eigenvalue weighted by molar-refractivity contribution is -0.0347. The molecule has 2 aromatic heterocycles. The van der Waals surface area contributed by atoms with Crippen LogP contribution < -0.4 is 10.5 Å². The number of aliphatic hydroxyl groups excluding tert-OH is 1. The number of rotatable bonds is 12. The van der Waals surface area contributed by atoms with Crippen LogP contribution in [0.2, 0.25) is 0 Å². The van der Waals surface area contributed by atoms with Gasteiger partial charge in [-0.25, -0.2) is 4.98 Å². The van der Waals surface area contributed by atoms with Gasteiger partial charge in [0.1, 0.15) is 6.61 Å². The predicted octanol–water partition coefficient (Wildman–Crippen LogP) is 4.96. The normalized spacial score (nSPS) is 20.2. The number of anilines is 1. The highest BCUT2D eigenvalue weighted by atomic mass is 16.5. The average molecular weight is 566 g/mol. The Morgan fingerprint density at radius 3 is 2.05 bits per heavy atom. The standard InChI is InChI=1S/C33H35N5O4/c34-33-36-31-30(32(37-33)42-20-25-14-8-3-9-15-25)35-22-38(31)28-16-29(41-19-24-12-6-2-7-13-24)27(26(28)17-39)21-40-18-23-10-4-1-5-11-23/h1-15,22,26-29,39H,16-21H2,(H2,34,36,37)/t26-,27+,28+,29+/m1/s1. The molecule has 9 nitrogen and oxygen atoms in total. The molecule has 1 aliphatic carbocycles. The summed E-state index contributed by atoms with van der Waals surface area (Å²) in [5.41, 5.74) is 10.4. The lowest BCUT2D eigenvalue weighted by Gasteiger charge is -2.26. The predicted molar refractivity (Wildman–Crippen MR) is 159 cm³/mol. The van der Waals surface area contributed by atoms with Gasteiger partial charge in [0.2, 0.25) is 11.8 Å². The highest BCUT2D eigenvalue weighted by Crippen LogP contribution is 2.44. The maximum atomic E-state index is 10.7. The zero-order chi connectivity index (χ0) is 28.7. The summed E-state index contributed by atoms with van der Waals surface area (Å²) in [7, 11) is 0. The van der Waals surface area contributed by atoms with Crippen molar-refractivity contribution in [2.24, 2.45) is 11.8 Å². The second kappa shape index (κ2) is 13.1. The maximum absolute atomic E-state index is 10.7. The Bertz CT molecular complexity index is 1570. The zero-order valence-electron chi connectivity index (χ0n) is 23.3. The van der Waals surface area contributed by atoms with E-state index in [0.717, 1.165) is 16.7 Å². The van der Waals surface area contributed by atoms with E-state index in [-0.39, 0.29) is 36.5 Å². The fraction of sp³-hybridized carbons (Fsp3) is 0.303. The van der Waals surface area contributed by atoms with Crippen LogP contribution in [0.3, 0.4) is 0 Å². The van der Waals surface area contributed by atoms with Crippen LogP contribution in [0.25, 0.3) is 11.2 Å². The first-order chi connectivity index (χ1) is 20.7. The minimum absolute atomic E-state index is 0.0349. The lowest BCUT2D eigenvalue weighted by Crippen LogP contribution is -2.30. The second-order valence-electron chi connectivity index (χ2n) is 10.6. The van der Waals surface area contributed by atoms with Crippen LogP contribution in [0.15, 0.2) is 97.3 Å². The van der Waals surface area contributed by atoms with Gasteiger partial charge in [0.25, 0.3) is 0 Å². The fourth-order valence-electron chi connectivity index (χ4n) is 5.79. The van der Waals surface area contributed by atoms with Crippen molar-refractivity contribution in [3.05, 3.63) is 114 Å². The quantitative estimate of drug-likeness (QED) is 0.218. The fourth-order valence-corrected chi connectivity index (χ4v) is 5.79. The third-order valence-corrected chi connectivity index (χ3v) is 7.92. The summed E-state index contributed by atoms with van der Waals surface area (Å²) in [5.74, 6) is 0.241. The molecule has 42 heavy (non-hydrogen) atoms. The van der Waals surface area contributed by atoms with Gasteiger partial charge in [0, 0.05) is 24.5 Å². The summed E-state index contributed by atoms with van der Waals surface area (Å²) in [6.45, 7) is 1.71. The molecule has 3 N–H and O–H groups in total. The first kappa shape index (κ1) is 27.8. The average Bonchev–Trinajstić information content (AvgIpc) is 3.61. The molecule has 3 aromatic carbocycles. The van der Waals surface area contributed by atoms with Crippen molar-refractivity contribution in [2.75, 3.05) is 18.9 Å². The first-order valence-electron chi connectivity index (χ1n) is 14.2. The Morgan fingerprint density at radius 2 is 1.40 bits per heavy atom. The molecule has 0 aliphatic heterocycles. The number of aromatic nitrogens is 4. The number of imidazole rings is 1. The number of fused-ring (bicyclic) bond motifs is 1. The van der Waals surface area contributed by atoms with Crippen molar-refractivity contribution >= 4 is 17.1 Å². The van der Waals surface area contributed by atoms with Crippen molar-refractivity contribution < 1.29 is 19.3 Å². The summed E-state index contributed by atoms with van der Waals surface area (Å²) in [6, 6.07) is 29.9. The molecule has 0 saturated heterocycles. The van der Waals surface area contributed by atoms with E-state index in [2.05, 4.69) is 27.1 Å². The van der Waals surface area contributed by atoms with Crippen molar-refractivity contribution in [1.29, 1.82) is 0 Å². The van der Waals surface area contributed by atoms with Crippen molar-refractivity contribution in [3.63, 3.8) is 0 Å². The van der Waals surface area contributed by atoms with Crippen LogP contribution in [-0.4, -0.2) is 43.9 Å². The topological polar surface area (TPSA) is 118 Å². The molecule has 2 heterocycles. The molecule has 0 unspecified atom stereocenters. The maximum Gasteiger partial charge on any atom is 0.247 e. The van der Waals surface area contributed by atoms with Crippen LogP contribution in [0.1, 0.15) is 29.2 Å². The molecule has 6 rings (SSSR count). The van der Waals surface area contributed by atoms with Gasteiger partial charge in [-0.2, -0.15) is 9.97 Å². The van der Waals surface area contributed by atoms with E-state index in [9.17, 15) is 5.11 Å². The van der Waals surface area contributed by atoms with Crippen LogP contribution in [0.4, 0.5) is 5.95 Å². The van der Waals surface area contributed by atoms with Crippen LogP contribution >= 0.6 is 0 Å². The molecule has 1 aliphatic rings. The Kier molecular flexibility index (Phi) is 8.69. The van der Waals surface area contributed by atoms with E-state index in [4.69, 9.17) is 19.9 Å². The monoisotopic (exact) mass is 565 g/mol. The third-order valence-electron chi connectivity index (χ3n) is 7.92. The highest BCUT2D eigenvalue weighted by Gasteiger charge is 2.45. The minimum Gasteiger partial charge on any atom is -0.471 e. The highest BCUT2D eigenvalue weighted by molar-refractivity contribution is 5.77. The molecule has 0 spiro atoms. The second-order valence-corrected chi connectivity index (χ2v) is 10.6. The summed E-state index contributed by atoms with van der Waals surface area (Å²) in [4.78, 5) is 13.5. The number of nitrogen functional groups attached to an aromatic ring is 1. The molecule has 0 radical (unpaired) electrons. The van der Waals surface area contributed by atoms with Crippen LogP contribution in [-0.2, 0) is 29.3 Å². The number of aliphatic hydroxyl groups is 1. The van der Waals surface area contributed by atoms with Gasteiger partial charge in [-0.15, -0.1) is 0 Å². The third kappa shape index (κ3) is 6.28. The minimum atomic E-state index is -0.149. The molecule has 1 fully saturated rings. The Hall–Kier alpha value is -4.31. The van der Waals surface area contributed by atoms with E-state index < -0.39 is 0 Å². The molecule has 4 atom stereocenters. The van der Waals surface area contributed by atoms with E-state index in [1.807, 2.05) is 83.4 Å². The Morgan fingerprint density at radius 1 is 0.786 bits per heavy atom. The summed E-state index contributed by atoms with van der Waals surface area (Å²) in [5, 5.41) is 10.7. The SMILES string of the molecule is Nc1nc(OCc2ccccc2)c2ncn([C@H]3C[C@H](OCc4ccccc4)[C@@H](COCc4ccccc4)[C@H]3CO)c2n1. The first-order valence-corrected chi connectivity index (χ1v) is 14.2. The molecule has 0 amide bonds. The summed E-state index contributed by atoms with van der Waals surface area (Å²) < 4.78 is 20.7. The number of benzene rings is 3. The Balaban J connectivity index is 1.25. The number of ether oxygens (including phenoxy) is 3. The number of hydrogen-bond donors (Lipinski definition) is 2. The van der Waals surface area contributed by atoms with Gasteiger partial charge in [-0.3, -0.25) is 0 Å². The number of nitrogens with zero attached hydrogens (tertiary/aromatic N) is 4. The van der Waals surface area contributed by atoms with Gasteiger partial charge >= 0.3 is 0 Å². The van der Waals surface area contributed by atoms with Crippen LogP contribution in [0.5, 0.6) is 5.88 Å². The van der Waals surface area contributed by atoms with E-state index in [1.54, 1.807) is 6.33 Å². The van der Waals surface area contributed by atoms with Gasteiger partial charge < -0.3 is 29.6 Å². The van der Waals surface area contributed by atoms with E-state index in [0.29, 0.717) is 49.9 Å². The molecule has 9 heteroatoms. The summed E-state index contributed by atoms with van der Waals surface area (Å²) in [6.07, 6.45) is 2.25. The van der Waals surface area contributed by atoms with Crippen LogP contribution in [0, 0.1) is 11.8 Å². The van der Waals surface area contributed by atoms with Crippen molar-refractivity contribution in [1.82, 2.24) is 19.5 Å². The van der Waals surface area contributed by atoms with Crippen molar-refractivity contribution in [2.45, 2.75) is 38.4 Å². The van der Waals surface area contributed by atoms with Gasteiger partial charge in [0.05, 0.1) is 32.3 Å². The summed E-state index contributed by atoms with van der Waals surface area (Å²) >= 11 is 0. The molecular formula is C33H35N5O4. The van der Waals surface area contributed by atoms with Gasteiger partial charge in [0.15, 0.2) is 11.2 Å². The lowest BCUT2D eigenvalue weighted by atomic mass is 9.94. The Labute approximate surface area is 244 Å². The van der Waals surface area contributed by atoms with Gasteiger partial charge in [-0.05, 0) is 23.1 Å². The number of hydrogen-bond acceptors (Lipinski definition) is 8. The van der Waals surface area contributed by atoms with Crippen molar-refractivity contribution in [3.8, 4) is 5.88 Å². The molecular weight excluding hydrogens is 530 g/mol. The van der Waals surface area contributed by atoms with Gasteiger partial charge in [-0.1, -0.05) is 91.0 Å². The largest absolute Gasteiger partial charge is 0.471 e.